The minimum absolute atomic E-state index is 0.0540. The summed E-state index contributed by atoms with van der Waals surface area (Å²) in [5, 5.41) is 0.479. The molecular weight excluding hydrogens is 300 g/mol. The molecule has 0 aliphatic carbocycles. The number of hydrogen-bond donors (Lipinski definition) is 1. The Bertz CT molecular complexity index is 951. The number of nitrogens with one attached hydrogen (secondary N) is 1. The standard InChI is InChI=1S/C16H14N2O3S/c1-10(19)7-8-18-15(20)12-9-13(11-5-3-2-4-6-11)22-14(12)17-16(18)21/h2-6,9H,7-8H2,1H3,(H,17,21). The molecule has 1 N–H and O–H groups in total. The van der Waals surface area contributed by atoms with Gasteiger partial charge in [-0.05, 0) is 18.6 Å². The summed E-state index contributed by atoms with van der Waals surface area (Å²) in [5.41, 5.74) is 0.179. The second kappa shape index (κ2) is 5.73. The molecule has 3 rings (SSSR count). The van der Waals surface area contributed by atoms with Crippen molar-refractivity contribution >= 4 is 27.3 Å². The summed E-state index contributed by atoms with van der Waals surface area (Å²) in [6, 6.07) is 11.5. The fraction of sp³-hybridized carbons (Fsp3) is 0.188. The normalized spacial score (nSPS) is 11.0. The van der Waals surface area contributed by atoms with Gasteiger partial charge in [-0.3, -0.25) is 19.1 Å². The first-order valence-electron chi connectivity index (χ1n) is 6.88. The third-order valence-electron chi connectivity index (χ3n) is 3.42. The highest BCUT2D eigenvalue weighted by atomic mass is 32.1. The molecule has 0 saturated carbocycles. The predicted octanol–water partition coefficient (Wildman–Crippen LogP) is 2.40. The number of aromatic nitrogens is 2. The lowest BCUT2D eigenvalue weighted by atomic mass is 10.2. The van der Waals surface area contributed by atoms with E-state index >= 15 is 0 Å². The van der Waals surface area contributed by atoms with E-state index in [-0.39, 0.29) is 24.3 Å². The zero-order valence-corrected chi connectivity index (χ0v) is 12.8. The minimum atomic E-state index is -0.472. The molecule has 0 fully saturated rings. The topological polar surface area (TPSA) is 71.9 Å². The van der Waals surface area contributed by atoms with Crippen LogP contribution in [-0.4, -0.2) is 15.3 Å². The molecule has 0 aliphatic heterocycles. The van der Waals surface area contributed by atoms with Gasteiger partial charge in [0.15, 0.2) is 0 Å². The maximum atomic E-state index is 12.4. The van der Waals surface area contributed by atoms with E-state index in [0.29, 0.717) is 10.2 Å². The molecule has 2 heterocycles. The number of benzene rings is 1. The molecule has 0 radical (unpaired) electrons. The highest BCUT2D eigenvalue weighted by Crippen LogP contribution is 2.30. The van der Waals surface area contributed by atoms with Crippen LogP contribution in [0.4, 0.5) is 0 Å². The summed E-state index contributed by atoms with van der Waals surface area (Å²) in [6.07, 6.45) is 0.171. The number of aromatic amines is 1. The zero-order chi connectivity index (χ0) is 15.7. The van der Waals surface area contributed by atoms with Crippen LogP contribution in [0.15, 0.2) is 46.0 Å². The maximum absolute atomic E-state index is 12.4. The molecule has 0 aliphatic rings. The summed E-state index contributed by atoms with van der Waals surface area (Å²) in [4.78, 5) is 39.7. The first-order chi connectivity index (χ1) is 10.6. The first kappa shape index (κ1) is 14.5. The van der Waals surface area contributed by atoms with E-state index in [0.717, 1.165) is 15.0 Å². The van der Waals surface area contributed by atoms with Crippen LogP contribution in [-0.2, 0) is 11.3 Å². The molecule has 2 aromatic heterocycles. The van der Waals surface area contributed by atoms with Crippen LogP contribution in [0.3, 0.4) is 0 Å². The molecule has 0 bridgehead atoms. The lowest BCUT2D eigenvalue weighted by molar-refractivity contribution is -0.117. The van der Waals surface area contributed by atoms with Crippen molar-refractivity contribution in [2.24, 2.45) is 0 Å². The number of hydrogen-bond acceptors (Lipinski definition) is 4. The molecule has 0 atom stereocenters. The third-order valence-corrected chi connectivity index (χ3v) is 4.52. The Hall–Kier alpha value is -2.47. The largest absolute Gasteiger partial charge is 0.329 e. The van der Waals surface area contributed by atoms with Crippen molar-refractivity contribution < 1.29 is 4.79 Å². The van der Waals surface area contributed by atoms with Gasteiger partial charge in [0, 0.05) is 17.8 Å². The Labute approximate surface area is 129 Å². The minimum Gasteiger partial charge on any atom is -0.300 e. The van der Waals surface area contributed by atoms with Crippen molar-refractivity contribution in [3.8, 4) is 10.4 Å². The van der Waals surface area contributed by atoms with Crippen LogP contribution in [0.1, 0.15) is 13.3 Å². The summed E-state index contributed by atoms with van der Waals surface area (Å²) >= 11 is 1.38. The maximum Gasteiger partial charge on any atom is 0.329 e. The average Bonchev–Trinajstić information content (AvgIpc) is 2.92. The Morgan fingerprint density at radius 3 is 2.64 bits per heavy atom. The van der Waals surface area contributed by atoms with Crippen LogP contribution >= 0.6 is 11.3 Å². The van der Waals surface area contributed by atoms with Gasteiger partial charge in [-0.2, -0.15) is 0 Å². The number of ketones is 1. The van der Waals surface area contributed by atoms with Crippen LogP contribution in [0.5, 0.6) is 0 Å². The number of carbonyl (C=O) groups is 1. The quantitative estimate of drug-likeness (QED) is 0.803. The molecule has 0 spiro atoms. The molecule has 0 amide bonds. The van der Waals surface area contributed by atoms with E-state index in [1.54, 1.807) is 6.07 Å². The summed E-state index contributed by atoms with van der Waals surface area (Å²) in [5.74, 6) is -0.0540. The monoisotopic (exact) mass is 314 g/mol. The van der Waals surface area contributed by atoms with Gasteiger partial charge in [0.05, 0.1) is 5.39 Å². The van der Waals surface area contributed by atoms with Gasteiger partial charge in [-0.15, -0.1) is 11.3 Å². The highest BCUT2D eigenvalue weighted by Gasteiger charge is 2.12. The van der Waals surface area contributed by atoms with Crippen molar-refractivity contribution in [2.75, 3.05) is 0 Å². The first-order valence-corrected chi connectivity index (χ1v) is 7.69. The van der Waals surface area contributed by atoms with Crippen LogP contribution in [0, 0.1) is 0 Å². The van der Waals surface area contributed by atoms with E-state index in [1.165, 1.54) is 18.3 Å². The SMILES string of the molecule is CC(=O)CCn1c(=O)[nH]c2sc(-c3ccccc3)cc2c1=O. The number of fused-ring (bicyclic) bond motifs is 1. The third kappa shape index (κ3) is 2.65. The Balaban J connectivity index is 2.13. The highest BCUT2D eigenvalue weighted by molar-refractivity contribution is 7.21. The second-order valence-corrected chi connectivity index (χ2v) is 6.11. The van der Waals surface area contributed by atoms with Crippen LogP contribution in [0.25, 0.3) is 20.7 Å². The lowest BCUT2D eigenvalue weighted by Gasteiger charge is -2.02. The van der Waals surface area contributed by atoms with Gasteiger partial charge in [-0.25, -0.2) is 4.79 Å². The van der Waals surface area contributed by atoms with E-state index in [4.69, 9.17) is 0 Å². The molecule has 22 heavy (non-hydrogen) atoms. The molecule has 3 aromatic rings. The molecule has 1 aromatic carbocycles. The number of H-pyrrole nitrogens is 1. The number of Topliss-reactive ketones (excluding diaryl/α,β-unsaturated/α-hetero) is 1. The van der Waals surface area contributed by atoms with E-state index < -0.39 is 5.69 Å². The smallest absolute Gasteiger partial charge is 0.300 e. The van der Waals surface area contributed by atoms with Gasteiger partial charge in [0.2, 0.25) is 0 Å². The van der Waals surface area contributed by atoms with E-state index in [1.807, 2.05) is 30.3 Å². The van der Waals surface area contributed by atoms with Crippen molar-refractivity contribution in [1.82, 2.24) is 9.55 Å². The average molecular weight is 314 g/mol. The van der Waals surface area contributed by atoms with E-state index in [2.05, 4.69) is 4.98 Å². The lowest BCUT2D eigenvalue weighted by Crippen LogP contribution is -2.35. The van der Waals surface area contributed by atoms with Gasteiger partial charge >= 0.3 is 5.69 Å². The number of nitrogens with zero attached hydrogens (tertiary/aromatic N) is 1. The van der Waals surface area contributed by atoms with Gasteiger partial charge in [-0.1, -0.05) is 30.3 Å². The zero-order valence-electron chi connectivity index (χ0n) is 12.0. The van der Waals surface area contributed by atoms with Crippen LogP contribution in [0.2, 0.25) is 0 Å². The fourth-order valence-electron chi connectivity index (χ4n) is 2.26. The molecule has 0 unspecified atom stereocenters. The molecular formula is C16H14N2O3S. The van der Waals surface area contributed by atoms with Crippen molar-refractivity contribution in [2.45, 2.75) is 19.9 Å². The number of thiophene rings is 1. The van der Waals surface area contributed by atoms with Crippen molar-refractivity contribution in [3.05, 3.63) is 57.2 Å². The van der Waals surface area contributed by atoms with Gasteiger partial charge in [0.25, 0.3) is 5.56 Å². The van der Waals surface area contributed by atoms with Gasteiger partial charge < -0.3 is 0 Å². The molecule has 5 nitrogen and oxygen atoms in total. The predicted molar refractivity (Wildman–Crippen MR) is 87.4 cm³/mol. The van der Waals surface area contributed by atoms with E-state index in [9.17, 15) is 14.4 Å². The second-order valence-electron chi connectivity index (χ2n) is 5.06. The number of rotatable bonds is 4. The molecule has 6 heteroatoms. The summed E-state index contributed by atoms with van der Waals surface area (Å²) in [7, 11) is 0. The van der Waals surface area contributed by atoms with Crippen LogP contribution < -0.4 is 11.2 Å². The Kier molecular flexibility index (Phi) is 3.77. The summed E-state index contributed by atoms with van der Waals surface area (Å²) < 4.78 is 1.09. The Morgan fingerprint density at radius 1 is 1.23 bits per heavy atom. The van der Waals surface area contributed by atoms with Gasteiger partial charge in [0.1, 0.15) is 10.6 Å². The molecule has 0 saturated heterocycles. The summed E-state index contributed by atoms with van der Waals surface area (Å²) in [6.45, 7) is 1.55. The Morgan fingerprint density at radius 2 is 1.95 bits per heavy atom. The van der Waals surface area contributed by atoms with Crippen molar-refractivity contribution in [3.63, 3.8) is 0 Å². The fourth-order valence-corrected chi connectivity index (χ4v) is 3.31. The number of carbonyl (C=O) groups excluding carboxylic acids is 1. The molecule has 112 valence electrons. The van der Waals surface area contributed by atoms with Crippen molar-refractivity contribution in [1.29, 1.82) is 0 Å².